The number of hydrogen-bond donors (Lipinski definition) is 3. The molecule has 3 rings (SSSR count). The van der Waals surface area contributed by atoms with Crippen LogP contribution in [0.5, 0.6) is 0 Å². The quantitative estimate of drug-likeness (QED) is 0.618. The molecular weight excluding hydrogens is 404 g/mol. The lowest BCUT2D eigenvalue weighted by atomic mass is 9.99. The summed E-state index contributed by atoms with van der Waals surface area (Å²) in [6.45, 7) is 7.78. The number of amides is 3. The van der Waals surface area contributed by atoms with E-state index in [9.17, 15) is 14.4 Å². The second-order valence-corrected chi connectivity index (χ2v) is 9.01. The predicted octanol–water partition coefficient (Wildman–Crippen LogP) is 2.50. The number of carbonyl (C=O) groups is 3. The number of nitrogens with two attached hydrogens (primary N) is 1. The van der Waals surface area contributed by atoms with Crippen molar-refractivity contribution >= 4 is 28.5 Å². The van der Waals surface area contributed by atoms with Crippen LogP contribution in [0, 0.1) is 5.92 Å². The largest absolute Gasteiger partial charge is 0.348 e. The first-order chi connectivity index (χ1) is 15.2. The molecule has 0 bridgehead atoms. The third kappa shape index (κ3) is 5.10. The Morgan fingerprint density at radius 3 is 2.38 bits per heavy atom. The molecule has 1 saturated heterocycles. The highest BCUT2D eigenvalue weighted by Crippen LogP contribution is 2.26. The second-order valence-electron chi connectivity index (χ2n) is 9.01. The van der Waals surface area contributed by atoms with E-state index in [1.54, 1.807) is 11.8 Å². The van der Waals surface area contributed by atoms with E-state index >= 15 is 0 Å². The van der Waals surface area contributed by atoms with Crippen LogP contribution in [-0.2, 0) is 14.4 Å². The molecule has 0 aromatic heterocycles. The highest BCUT2D eigenvalue weighted by atomic mass is 16.2. The number of hydrogen-bond acceptors (Lipinski definition) is 4. The van der Waals surface area contributed by atoms with Gasteiger partial charge in [0.05, 0.1) is 12.1 Å². The Labute approximate surface area is 189 Å². The summed E-state index contributed by atoms with van der Waals surface area (Å²) in [6.07, 6.45) is 1.35. The molecule has 1 unspecified atom stereocenters. The fraction of sp³-hybridized carbons (Fsp3) is 0.480. The molecule has 4 N–H and O–H groups in total. The highest BCUT2D eigenvalue weighted by molar-refractivity contribution is 5.94. The van der Waals surface area contributed by atoms with Gasteiger partial charge in [0.15, 0.2) is 0 Å². The maximum atomic E-state index is 13.3. The maximum absolute atomic E-state index is 13.3. The maximum Gasteiger partial charge on any atom is 0.246 e. The number of fused-ring (bicyclic) bond motifs is 1. The highest BCUT2D eigenvalue weighted by Gasteiger charge is 2.39. The summed E-state index contributed by atoms with van der Waals surface area (Å²) >= 11 is 0. The molecule has 3 amide bonds. The zero-order valence-electron chi connectivity index (χ0n) is 19.3. The van der Waals surface area contributed by atoms with Gasteiger partial charge in [-0.1, -0.05) is 56.3 Å². The van der Waals surface area contributed by atoms with Crippen molar-refractivity contribution in [2.45, 2.75) is 64.7 Å². The first-order valence-electron chi connectivity index (χ1n) is 11.3. The van der Waals surface area contributed by atoms with Crippen LogP contribution in [0.3, 0.4) is 0 Å². The van der Waals surface area contributed by atoms with Gasteiger partial charge in [0, 0.05) is 6.54 Å². The molecule has 0 spiro atoms. The van der Waals surface area contributed by atoms with Crippen LogP contribution < -0.4 is 16.4 Å². The fourth-order valence-corrected chi connectivity index (χ4v) is 4.30. The Balaban J connectivity index is 1.74. The lowest BCUT2D eigenvalue weighted by Crippen LogP contribution is -2.57. The van der Waals surface area contributed by atoms with Crippen LogP contribution in [0.2, 0.25) is 0 Å². The monoisotopic (exact) mass is 438 g/mol. The lowest BCUT2D eigenvalue weighted by molar-refractivity contribution is -0.142. The minimum atomic E-state index is -0.711. The molecule has 32 heavy (non-hydrogen) atoms. The number of rotatable bonds is 7. The van der Waals surface area contributed by atoms with Crippen molar-refractivity contribution in [1.82, 2.24) is 15.5 Å². The van der Waals surface area contributed by atoms with Crippen LogP contribution in [0.1, 0.15) is 52.1 Å². The van der Waals surface area contributed by atoms with E-state index in [1.807, 2.05) is 63.2 Å². The Bertz CT molecular complexity index is 983. The molecule has 4 atom stereocenters. The van der Waals surface area contributed by atoms with E-state index in [0.29, 0.717) is 13.0 Å². The van der Waals surface area contributed by atoms with Crippen molar-refractivity contribution in [2.24, 2.45) is 11.7 Å². The fourth-order valence-electron chi connectivity index (χ4n) is 4.30. The average molecular weight is 439 g/mol. The molecule has 1 aliphatic heterocycles. The average Bonchev–Trinajstić information content (AvgIpc) is 3.26. The van der Waals surface area contributed by atoms with Gasteiger partial charge < -0.3 is 21.3 Å². The van der Waals surface area contributed by atoms with Gasteiger partial charge in [0.25, 0.3) is 0 Å². The summed E-state index contributed by atoms with van der Waals surface area (Å²) in [5.74, 6) is -0.896. The van der Waals surface area contributed by atoms with Crippen molar-refractivity contribution < 1.29 is 14.4 Å². The van der Waals surface area contributed by atoms with Crippen molar-refractivity contribution in [3.8, 4) is 0 Å². The Hall–Kier alpha value is -2.93. The van der Waals surface area contributed by atoms with Crippen LogP contribution in [0.4, 0.5) is 0 Å². The van der Waals surface area contributed by atoms with Gasteiger partial charge in [0.2, 0.25) is 17.7 Å². The summed E-state index contributed by atoms with van der Waals surface area (Å²) in [5.41, 5.74) is 6.70. The summed E-state index contributed by atoms with van der Waals surface area (Å²) in [5, 5.41) is 8.07. The standard InChI is InChI=1S/C25H34N4O3/c1-15(2)22(28-23(30)16(3)26)25(32)29-14-8-13-21(29)24(31)27-17(4)19-12-7-10-18-9-5-6-11-20(18)19/h5-7,9-12,15-17,21-22H,8,13-14,26H2,1-4H3,(H,27,31)(H,28,30)/t16-,17?,21-,22-/m0/s1. The van der Waals surface area contributed by atoms with Crippen molar-refractivity contribution in [1.29, 1.82) is 0 Å². The lowest BCUT2D eigenvalue weighted by Gasteiger charge is -2.31. The summed E-state index contributed by atoms with van der Waals surface area (Å²) in [7, 11) is 0. The van der Waals surface area contributed by atoms with Crippen molar-refractivity contribution in [3.63, 3.8) is 0 Å². The Morgan fingerprint density at radius 2 is 1.69 bits per heavy atom. The normalized spacial score (nSPS) is 18.9. The van der Waals surface area contributed by atoms with Crippen LogP contribution >= 0.6 is 0 Å². The third-order valence-electron chi connectivity index (χ3n) is 6.13. The smallest absolute Gasteiger partial charge is 0.246 e. The van der Waals surface area contributed by atoms with Gasteiger partial charge in [0.1, 0.15) is 12.1 Å². The summed E-state index contributed by atoms with van der Waals surface area (Å²) < 4.78 is 0. The Kier molecular flexibility index (Phi) is 7.51. The molecule has 1 aliphatic rings. The first kappa shape index (κ1) is 23.7. The van der Waals surface area contributed by atoms with Gasteiger partial charge >= 0.3 is 0 Å². The molecule has 0 saturated carbocycles. The molecule has 0 aliphatic carbocycles. The molecule has 2 aromatic carbocycles. The topological polar surface area (TPSA) is 105 Å². The number of likely N-dealkylation sites (tertiary alicyclic amines) is 1. The van der Waals surface area contributed by atoms with E-state index in [-0.39, 0.29) is 29.7 Å². The second kappa shape index (κ2) is 10.1. The summed E-state index contributed by atoms with van der Waals surface area (Å²) in [6, 6.07) is 12.0. The molecule has 1 fully saturated rings. The third-order valence-corrected chi connectivity index (χ3v) is 6.13. The van der Waals surface area contributed by atoms with Crippen LogP contribution in [0.15, 0.2) is 42.5 Å². The van der Waals surface area contributed by atoms with E-state index in [4.69, 9.17) is 5.73 Å². The SMILES string of the molecule is CC(NC(=O)[C@@H]1CCCN1C(=O)[C@@H](NC(=O)[C@H](C)N)C(C)C)c1cccc2ccccc12. The van der Waals surface area contributed by atoms with Crippen molar-refractivity contribution in [2.75, 3.05) is 6.54 Å². The number of benzene rings is 2. The molecular formula is C25H34N4O3. The van der Waals surface area contributed by atoms with Crippen molar-refractivity contribution in [3.05, 3.63) is 48.0 Å². The van der Waals surface area contributed by atoms with Crippen LogP contribution in [0.25, 0.3) is 10.8 Å². The first-order valence-corrected chi connectivity index (χ1v) is 11.3. The van der Waals surface area contributed by atoms with Gasteiger partial charge in [-0.3, -0.25) is 14.4 Å². The van der Waals surface area contributed by atoms with E-state index in [2.05, 4.69) is 10.6 Å². The molecule has 2 aromatic rings. The van der Waals surface area contributed by atoms with Gasteiger partial charge in [-0.05, 0) is 48.9 Å². The zero-order valence-corrected chi connectivity index (χ0v) is 19.3. The predicted molar refractivity (Wildman–Crippen MR) is 126 cm³/mol. The van der Waals surface area contributed by atoms with E-state index in [1.165, 1.54) is 0 Å². The summed E-state index contributed by atoms with van der Waals surface area (Å²) in [4.78, 5) is 40.2. The molecule has 172 valence electrons. The molecule has 1 heterocycles. The van der Waals surface area contributed by atoms with Crippen LogP contribution in [-0.4, -0.2) is 47.3 Å². The number of nitrogens with one attached hydrogen (secondary N) is 2. The van der Waals surface area contributed by atoms with E-state index < -0.39 is 18.1 Å². The number of nitrogens with zero attached hydrogens (tertiary/aromatic N) is 1. The molecule has 0 radical (unpaired) electrons. The van der Waals surface area contributed by atoms with Gasteiger partial charge in [-0.15, -0.1) is 0 Å². The van der Waals surface area contributed by atoms with Gasteiger partial charge in [-0.2, -0.15) is 0 Å². The molecule has 7 nitrogen and oxygen atoms in total. The minimum Gasteiger partial charge on any atom is -0.348 e. The zero-order chi connectivity index (χ0) is 23.4. The number of carbonyl (C=O) groups excluding carboxylic acids is 3. The molecule has 7 heteroatoms. The van der Waals surface area contributed by atoms with Gasteiger partial charge in [-0.25, -0.2) is 0 Å². The van der Waals surface area contributed by atoms with E-state index in [0.717, 1.165) is 22.8 Å². The Morgan fingerprint density at radius 1 is 1.00 bits per heavy atom. The minimum absolute atomic E-state index is 0.121.